The molecule has 0 unspecified atom stereocenters. The first kappa shape index (κ1) is 18.7. The lowest BCUT2D eigenvalue weighted by molar-refractivity contribution is -0.143. The Hall–Kier alpha value is -1.65. The molecule has 3 aliphatic rings. The molecule has 2 amide bonds. The van der Waals surface area contributed by atoms with Crippen molar-refractivity contribution in [1.82, 2.24) is 14.1 Å². The number of nitrogens with zero attached hydrogens (tertiary/aromatic N) is 3. The van der Waals surface area contributed by atoms with Gasteiger partial charge in [0.05, 0.1) is 0 Å². The van der Waals surface area contributed by atoms with E-state index in [9.17, 15) is 22.4 Å². The largest absolute Gasteiger partial charge is 0.337 e. The number of hydrogen-bond acceptors (Lipinski definition) is 5. The fraction of sp³-hybridized carbons (Fsp3) is 0.529. The van der Waals surface area contributed by atoms with Crippen molar-refractivity contribution in [2.75, 3.05) is 38.5 Å². The van der Waals surface area contributed by atoms with Crippen molar-refractivity contribution < 1.29 is 22.4 Å². The highest BCUT2D eigenvalue weighted by Crippen LogP contribution is 2.46. The number of hydrogen-bond donors (Lipinski definition) is 0. The second kappa shape index (κ2) is 6.75. The molecule has 0 radical (unpaired) electrons. The number of thioether (sulfide) groups is 1. The van der Waals surface area contributed by atoms with Gasteiger partial charge in [0, 0.05) is 44.9 Å². The zero-order valence-electron chi connectivity index (χ0n) is 14.6. The van der Waals surface area contributed by atoms with E-state index >= 15 is 0 Å². The van der Waals surface area contributed by atoms with Gasteiger partial charge in [-0.2, -0.15) is 4.31 Å². The summed E-state index contributed by atoms with van der Waals surface area (Å²) in [5, 5.41) is 0. The summed E-state index contributed by atoms with van der Waals surface area (Å²) in [4.78, 5) is 27.3. The third-order valence-electron chi connectivity index (χ3n) is 5.39. The van der Waals surface area contributed by atoms with Crippen LogP contribution in [0.5, 0.6) is 0 Å². The molecular formula is C17H20FN3O4S2. The summed E-state index contributed by atoms with van der Waals surface area (Å²) < 4.78 is 40.5. The molecule has 1 aromatic carbocycles. The molecule has 1 aromatic rings. The maximum Gasteiger partial charge on any atom is 0.259 e. The molecule has 7 nitrogen and oxygen atoms in total. The lowest BCUT2D eigenvalue weighted by Crippen LogP contribution is -2.58. The summed E-state index contributed by atoms with van der Waals surface area (Å²) in [6.07, 6.45) is 0.878. The van der Waals surface area contributed by atoms with Gasteiger partial charge in [-0.3, -0.25) is 9.59 Å². The van der Waals surface area contributed by atoms with Gasteiger partial charge in [0.2, 0.25) is 15.9 Å². The summed E-state index contributed by atoms with van der Waals surface area (Å²) in [6.45, 7) is 1.26. The number of sulfonamides is 1. The van der Waals surface area contributed by atoms with Gasteiger partial charge in [0.25, 0.3) is 5.91 Å². The van der Waals surface area contributed by atoms with Crippen LogP contribution >= 0.6 is 11.8 Å². The van der Waals surface area contributed by atoms with E-state index in [1.807, 2.05) is 0 Å². The minimum atomic E-state index is -3.94. The van der Waals surface area contributed by atoms with E-state index in [0.29, 0.717) is 19.4 Å². The van der Waals surface area contributed by atoms with Crippen LogP contribution in [0.3, 0.4) is 0 Å². The Morgan fingerprint density at radius 3 is 2.52 bits per heavy atom. The normalized spacial score (nSPS) is 26.5. The summed E-state index contributed by atoms with van der Waals surface area (Å²) in [5.74, 6) is -0.149. The minimum absolute atomic E-state index is 0.00844. The van der Waals surface area contributed by atoms with Crippen molar-refractivity contribution in [3.05, 3.63) is 30.1 Å². The van der Waals surface area contributed by atoms with Crippen LogP contribution in [0, 0.1) is 5.82 Å². The van der Waals surface area contributed by atoms with Crippen molar-refractivity contribution in [3.8, 4) is 0 Å². The van der Waals surface area contributed by atoms with Gasteiger partial charge in [-0.1, -0.05) is 12.1 Å². The first-order valence-electron chi connectivity index (χ1n) is 8.85. The summed E-state index contributed by atoms with van der Waals surface area (Å²) in [7, 11) is -3.94. The monoisotopic (exact) mass is 413 g/mol. The van der Waals surface area contributed by atoms with Crippen LogP contribution in [0.25, 0.3) is 0 Å². The Bertz CT molecular complexity index is 886. The molecule has 0 spiro atoms. The van der Waals surface area contributed by atoms with Crippen LogP contribution in [0.1, 0.15) is 12.8 Å². The number of rotatable bonds is 3. The Morgan fingerprint density at radius 1 is 1.11 bits per heavy atom. The zero-order chi connectivity index (χ0) is 19.2. The lowest BCUT2D eigenvalue weighted by atomic mass is 10.1. The molecule has 10 heteroatoms. The van der Waals surface area contributed by atoms with Gasteiger partial charge in [-0.05, 0) is 18.6 Å². The fourth-order valence-electron chi connectivity index (χ4n) is 3.96. The van der Waals surface area contributed by atoms with Crippen LogP contribution in [-0.4, -0.2) is 77.7 Å². The van der Waals surface area contributed by atoms with E-state index in [2.05, 4.69) is 0 Å². The molecule has 3 aliphatic heterocycles. The SMILES string of the molecule is O=C1CC[C@@]2(C(=O)N3CCN(S(=O)(=O)c4ccccc4F)CC3)SCCN12. The third kappa shape index (κ3) is 2.94. The molecule has 3 saturated heterocycles. The Labute approximate surface area is 161 Å². The van der Waals surface area contributed by atoms with Crippen LogP contribution in [0.15, 0.2) is 29.2 Å². The molecule has 3 fully saturated rings. The van der Waals surface area contributed by atoms with E-state index in [-0.39, 0.29) is 42.9 Å². The number of halogens is 1. The highest BCUT2D eigenvalue weighted by Gasteiger charge is 2.56. The number of carbonyl (C=O) groups is 2. The van der Waals surface area contributed by atoms with Crippen LogP contribution < -0.4 is 0 Å². The number of benzene rings is 1. The molecule has 0 saturated carbocycles. The minimum Gasteiger partial charge on any atom is -0.337 e. The first-order chi connectivity index (χ1) is 12.9. The third-order valence-corrected chi connectivity index (χ3v) is 8.78. The second-order valence-electron chi connectivity index (χ2n) is 6.80. The Balaban J connectivity index is 1.47. The van der Waals surface area contributed by atoms with Gasteiger partial charge >= 0.3 is 0 Å². The molecule has 146 valence electrons. The van der Waals surface area contributed by atoms with Crippen molar-refractivity contribution in [3.63, 3.8) is 0 Å². The molecule has 27 heavy (non-hydrogen) atoms. The maximum absolute atomic E-state index is 13.9. The Morgan fingerprint density at radius 2 is 1.81 bits per heavy atom. The molecule has 4 rings (SSSR count). The molecule has 0 aromatic heterocycles. The molecule has 0 bridgehead atoms. The fourth-order valence-corrected chi connectivity index (χ4v) is 6.91. The zero-order valence-corrected chi connectivity index (χ0v) is 16.3. The average Bonchev–Trinajstić information content (AvgIpc) is 3.23. The summed E-state index contributed by atoms with van der Waals surface area (Å²) in [6, 6.07) is 5.29. The van der Waals surface area contributed by atoms with Crippen LogP contribution in [0.4, 0.5) is 4.39 Å². The van der Waals surface area contributed by atoms with E-state index < -0.39 is 20.7 Å². The molecule has 3 heterocycles. The molecule has 0 aliphatic carbocycles. The van der Waals surface area contributed by atoms with Crippen molar-refractivity contribution in [2.24, 2.45) is 0 Å². The Kier molecular flexibility index (Phi) is 4.68. The average molecular weight is 413 g/mol. The van der Waals surface area contributed by atoms with Crippen LogP contribution in [0.2, 0.25) is 0 Å². The summed E-state index contributed by atoms with van der Waals surface area (Å²) in [5.41, 5.74) is 0. The highest BCUT2D eigenvalue weighted by atomic mass is 32.2. The quantitative estimate of drug-likeness (QED) is 0.730. The van der Waals surface area contributed by atoms with Gasteiger partial charge in [0.15, 0.2) is 4.87 Å². The molecule has 0 N–H and O–H groups in total. The maximum atomic E-state index is 13.9. The molecule has 1 atom stereocenters. The predicted molar refractivity (Wildman–Crippen MR) is 97.9 cm³/mol. The van der Waals surface area contributed by atoms with Crippen molar-refractivity contribution in [1.29, 1.82) is 0 Å². The second-order valence-corrected chi connectivity index (χ2v) is 10.1. The van der Waals surface area contributed by atoms with E-state index in [0.717, 1.165) is 11.8 Å². The number of amides is 2. The number of carbonyl (C=O) groups excluding carboxylic acids is 2. The van der Waals surface area contributed by atoms with Gasteiger partial charge < -0.3 is 9.80 Å². The van der Waals surface area contributed by atoms with E-state index in [4.69, 9.17) is 0 Å². The van der Waals surface area contributed by atoms with Gasteiger partial charge in [-0.25, -0.2) is 12.8 Å². The van der Waals surface area contributed by atoms with Crippen molar-refractivity contribution >= 4 is 33.6 Å². The molecular weight excluding hydrogens is 393 g/mol. The lowest BCUT2D eigenvalue weighted by Gasteiger charge is -2.39. The topological polar surface area (TPSA) is 78.0 Å². The van der Waals surface area contributed by atoms with Gasteiger partial charge in [-0.15, -0.1) is 11.8 Å². The van der Waals surface area contributed by atoms with E-state index in [1.165, 1.54) is 34.3 Å². The number of piperazine rings is 1. The standard InChI is InChI=1S/C17H20FN3O4S2/c18-13-3-1-2-4-14(13)27(24,25)20-9-7-19(8-10-20)16(23)17-6-5-15(22)21(17)11-12-26-17/h1-4H,5-12H2/t17-/m0/s1. The van der Waals surface area contributed by atoms with Crippen molar-refractivity contribution in [2.45, 2.75) is 22.6 Å². The smallest absolute Gasteiger partial charge is 0.259 e. The van der Waals surface area contributed by atoms with Crippen LogP contribution in [-0.2, 0) is 19.6 Å². The predicted octanol–water partition coefficient (Wildman–Crippen LogP) is 0.724. The summed E-state index contributed by atoms with van der Waals surface area (Å²) >= 11 is 1.50. The highest BCUT2D eigenvalue weighted by molar-refractivity contribution is 8.01. The van der Waals surface area contributed by atoms with E-state index in [1.54, 1.807) is 9.80 Å². The van der Waals surface area contributed by atoms with Gasteiger partial charge in [0.1, 0.15) is 10.7 Å². The first-order valence-corrected chi connectivity index (χ1v) is 11.3. The number of fused-ring (bicyclic) bond motifs is 1.